The Labute approximate surface area is 135 Å². The lowest BCUT2D eigenvalue weighted by Crippen LogP contribution is -2.46. The van der Waals surface area contributed by atoms with E-state index >= 15 is 0 Å². The number of hydrogen-bond donors (Lipinski definition) is 0. The molecular weight excluding hydrogens is 288 g/mol. The average molecular weight is 306 g/mol. The van der Waals surface area contributed by atoms with Gasteiger partial charge < -0.3 is 9.90 Å². The van der Waals surface area contributed by atoms with Crippen molar-refractivity contribution in [2.45, 2.75) is 13.3 Å². The third-order valence-corrected chi connectivity index (χ3v) is 4.00. The predicted molar refractivity (Wildman–Crippen MR) is 86.1 cm³/mol. The Morgan fingerprint density at radius 2 is 1.61 bits per heavy atom. The molecule has 2 aromatic carbocycles. The molecule has 0 aliphatic carbocycles. The Balaban J connectivity index is 2.40. The van der Waals surface area contributed by atoms with Crippen molar-refractivity contribution >= 4 is 5.97 Å². The van der Waals surface area contributed by atoms with Crippen molar-refractivity contribution in [3.63, 3.8) is 0 Å². The van der Waals surface area contributed by atoms with E-state index < -0.39 is 5.97 Å². The summed E-state index contributed by atoms with van der Waals surface area (Å²) < 4.78 is 3.59. The van der Waals surface area contributed by atoms with Crippen LogP contribution in [0.25, 0.3) is 16.9 Å². The lowest BCUT2D eigenvalue weighted by molar-refractivity contribution is -0.746. The van der Waals surface area contributed by atoms with Crippen LogP contribution in [0.2, 0.25) is 0 Å². The summed E-state index contributed by atoms with van der Waals surface area (Å²) in [4.78, 5) is 11.7. The first kappa shape index (κ1) is 15.0. The summed E-state index contributed by atoms with van der Waals surface area (Å²) in [5, 5.41) is 11.7. The fraction of sp³-hybridized carbons (Fsp3) is 0.158. The maximum atomic E-state index is 11.7. The molecule has 1 aromatic heterocycles. The Bertz CT molecular complexity index is 837. The minimum Gasteiger partial charge on any atom is -0.539 e. The number of para-hydroxylation sites is 1. The first-order chi connectivity index (χ1) is 11.1. The SMILES string of the molecule is CCc1c(-c2ccccc2)n(-c2ccccc2)[n+](C)c1C(=O)[O-]. The Hall–Kier alpha value is -2.88. The Kier molecular flexibility index (Phi) is 3.98. The van der Waals surface area contributed by atoms with Crippen molar-refractivity contribution in [3.05, 3.63) is 71.9 Å². The van der Waals surface area contributed by atoms with Gasteiger partial charge in [-0.2, -0.15) is 0 Å². The zero-order chi connectivity index (χ0) is 16.4. The second-order valence-electron chi connectivity index (χ2n) is 5.35. The number of rotatable bonds is 4. The van der Waals surface area contributed by atoms with Crippen LogP contribution in [0.5, 0.6) is 0 Å². The van der Waals surface area contributed by atoms with Crippen LogP contribution >= 0.6 is 0 Å². The van der Waals surface area contributed by atoms with Crippen molar-refractivity contribution in [1.82, 2.24) is 4.68 Å². The number of carbonyl (C=O) groups excluding carboxylic acids is 1. The maximum absolute atomic E-state index is 11.7. The van der Waals surface area contributed by atoms with E-state index in [0.29, 0.717) is 6.42 Å². The van der Waals surface area contributed by atoms with E-state index in [0.717, 1.165) is 22.5 Å². The smallest absolute Gasteiger partial charge is 0.258 e. The maximum Gasteiger partial charge on any atom is 0.258 e. The van der Waals surface area contributed by atoms with E-state index in [4.69, 9.17) is 0 Å². The van der Waals surface area contributed by atoms with E-state index in [-0.39, 0.29) is 5.69 Å². The van der Waals surface area contributed by atoms with Gasteiger partial charge in [0.05, 0.1) is 5.56 Å². The van der Waals surface area contributed by atoms with Gasteiger partial charge in [0.25, 0.3) is 5.69 Å². The minimum atomic E-state index is -1.16. The summed E-state index contributed by atoms with van der Waals surface area (Å²) in [6, 6.07) is 19.6. The molecule has 116 valence electrons. The molecule has 23 heavy (non-hydrogen) atoms. The van der Waals surface area contributed by atoms with Crippen LogP contribution in [0.1, 0.15) is 23.0 Å². The van der Waals surface area contributed by atoms with Gasteiger partial charge in [0.1, 0.15) is 17.4 Å². The highest BCUT2D eigenvalue weighted by atomic mass is 16.4. The molecule has 4 heteroatoms. The number of carbonyl (C=O) groups is 1. The van der Waals surface area contributed by atoms with Gasteiger partial charge >= 0.3 is 0 Å². The highest BCUT2D eigenvalue weighted by molar-refractivity contribution is 5.86. The molecule has 0 bridgehead atoms. The van der Waals surface area contributed by atoms with Gasteiger partial charge in [0, 0.05) is 5.56 Å². The number of nitrogens with zero attached hydrogens (tertiary/aromatic N) is 2. The largest absolute Gasteiger partial charge is 0.539 e. The van der Waals surface area contributed by atoms with Crippen LogP contribution < -0.4 is 9.79 Å². The lowest BCUT2D eigenvalue weighted by Gasteiger charge is -2.07. The van der Waals surface area contributed by atoms with E-state index in [1.807, 2.05) is 72.3 Å². The molecule has 0 radical (unpaired) electrons. The molecule has 0 unspecified atom stereocenters. The lowest BCUT2D eigenvalue weighted by atomic mass is 10.0. The average Bonchev–Trinajstić information content (AvgIpc) is 2.89. The second-order valence-corrected chi connectivity index (χ2v) is 5.35. The second kappa shape index (κ2) is 6.08. The van der Waals surface area contributed by atoms with Gasteiger partial charge in [-0.1, -0.05) is 55.5 Å². The molecule has 0 aliphatic rings. The van der Waals surface area contributed by atoms with Crippen LogP contribution in [-0.2, 0) is 13.5 Å². The van der Waals surface area contributed by atoms with Crippen LogP contribution in [0.4, 0.5) is 0 Å². The molecule has 0 aliphatic heterocycles. The number of carboxylic acids is 1. The normalized spacial score (nSPS) is 10.7. The summed E-state index contributed by atoms with van der Waals surface area (Å²) in [5.41, 5.74) is 3.78. The molecule has 4 nitrogen and oxygen atoms in total. The first-order valence-electron chi connectivity index (χ1n) is 7.61. The Morgan fingerprint density at radius 3 is 2.13 bits per heavy atom. The van der Waals surface area contributed by atoms with Crippen molar-refractivity contribution in [2.24, 2.45) is 7.05 Å². The highest BCUT2D eigenvalue weighted by Gasteiger charge is 2.29. The fourth-order valence-electron chi connectivity index (χ4n) is 3.04. The van der Waals surface area contributed by atoms with Gasteiger partial charge in [-0.25, -0.2) is 0 Å². The van der Waals surface area contributed by atoms with Crippen molar-refractivity contribution in [2.75, 3.05) is 0 Å². The topological polar surface area (TPSA) is 48.9 Å². The summed E-state index contributed by atoms with van der Waals surface area (Å²) in [5.74, 6) is -1.16. The zero-order valence-electron chi connectivity index (χ0n) is 13.2. The number of aromatic nitrogens is 2. The van der Waals surface area contributed by atoms with E-state index in [1.165, 1.54) is 0 Å². The van der Waals surface area contributed by atoms with Gasteiger partial charge in [-0.15, -0.1) is 9.36 Å². The first-order valence-corrected chi connectivity index (χ1v) is 7.61. The van der Waals surface area contributed by atoms with Gasteiger partial charge in [0.15, 0.2) is 7.05 Å². The third kappa shape index (κ3) is 2.52. The van der Waals surface area contributed by atoms with Crippen molar-refractivity contribution in [3.8, 4) is 16.9 Å². The van der Waals surface area contributed by atoms with Crippen molar-refractivity contribution < 1.29 is 14.6 Å². The highest BCUT2D eigenvalue weighted by Crippen LogP contribution is 2.28. The summed E-state index contributed by atoms with van der Waals surface area (Å²) >= 11 is 0. The number of carboxylic acid groups (broad SMARTS) is 1. The van der Waals surface area contributed by atoms with Gasteiger partial charge in [0.2, 0.25) is 0 Å². The van der Waals surface area contributed by atoms with E-state index in [2.05, 4.69) is 0 Å². The van der Waals surface area contributed by atoms with Crippen LogP contribution in [-0.4, -0.2) is 10.7 Å². The molecule has 0 saturated heterocycles. The molecule has 0 spiro atoms. The third-order valence-electron chi connectivity index (χ3n) is 4.00. The summed E-state index contributed by atoms with van der Waals surface area (Å²) in [6.07, 6.45) is 0.612. The summed E-state index contributed by atoms with van der Waals surface area (Å²) in [7, 11) is 1.75. The van der Waals surface area contributed by atoms with Gasteiger partial charge in [-0.3, -0.25) is 0 Å². The number of aromatic carboxylic acids is 1. The minimum absolute atomic E-state index is 0.218. The van der Waals surface area contributed by atoms with Gasteiger partial charge in [-0.05, 0) is 18.6 Å². The van der Waals surface area contributed by atoms with E-state index in [9.17, 15) is 9.90 Å². The van der Waals surface area contributed by atoms with Crippen molar-refractivity contribution in [1.29, 1.82) is 0 Å². The monoisotopic (exact) mass is 306 g/mol. The number of benzene rings is 2. The molecule has 0 atom stereocenters. The number of hydrogen-bond acceptors (Lipinski definition) is 2. The molecule has 0 fully saturated rings. The summed E-state index contributed by atoms with van der Waals surface area (Å²) in [6.45, 7) is 1.96. The molecule has 3 rings (SSSR count). The van der Waals surface area contributed by atoms with Crippen LogP contribution in [0.15, 0.2) is 60.7 Å². The quantitative estimate of drug-likeness (QED) is 0.691. The molecule has 0 saturated carbocycles. The Morgan fingerprint density at radius 1 is 1.04 bits per heavy atom. The molecule has 3 aromatic rings. The standard InChI is InChI=1S/C19H18N2O2/c1-3-16-17(14-10-6-4-7-11-14)21(15-12-8-5-9-13-15)20(2)18(16)19(22)23/h4-13H,3H2,1-2H3. The molecule has 1 heterocycles. The molecule has 0 amide bonds. The zero-order valence-corrected chi connectivity index (χ0v) is 13.2. The molecule has 0 N–H and O–H groups in total. The predicted octanol–water partition coefficient (Wildman–Crippen LogP) is 1.89. The molecular formula is C19H18N2O2. The van der Waals surface area contributed by atoms with Crippen LogP contribution in [0, 0.1) is 0 Å². The fourth-order valence-corrected chi connectivity index (χ4v) is 3.04. The van der Waals surface area contributed by atoms with E-state index in [1.54, 1.807) is 11.7 Å². The van der Waals surface area contributed by atoms with Crippen LogP contribution in [0.3, 0.4) is 0 Å².